The number of ketones is 1. The summed E-state index contributed by atoms with van der Waals surface area (Å²) >= 11 is 0. The fraction of sp³-hybridized carbons (Fsp3) is 0.407. The molecule has 1 aliphatic carbocycles. The molecule has 0 bridgehead atoms. The summed E-state index contributed by atoms with van der Waals surface area (Å²) in [7, 11) is 3.01. The SMILES string of the molecule is C=CC(=O)C[C@H]1CCOC[C@H]1Nc1ncc2cc(-c3c(F)c(OC)cc(OC)c3C3CC3)ncc2n1. The topological polar surface area (TPSA) is 95.5 Å². The predicted molar refractivity (Wildman–Crippen MR) is 134 cm³/mol. The minimum Gasteiger partial charge on any atom is -0.496 e. The number of aromatic nitrogens is 3. The van der Waals surface area contributed by atoms with E-state index in [4.69, 9.17) is 14.2 Å². The normalized spacial score (nSPS) is 19.6. The van der Waals surface area contributed by atoms with Gasteiger partial charge in [-0.15, -0.1) is 0 Å². The van der Waals surface area contributed by atoms with E-state index in [2.05, 4.69) is 26.8 Å². The molecule has 0 unspecified atom stereocenters. The molecule has 2 aliphatic rings. The van der Waals surface area contributed by atoms with Gasteiger partial charge in [0.15, 0.2) is 17.3 Å². The number of carbonyl (C=O) groups excluding carboxylic acids is 1. The number of benzene rings is 1. The van der Waals surface area contributed by atoms with Crippen LogP contribution in [0.3, 0.4) is 0 Å². The van der Waals surface area contributed by atoms with Crippen LogP contribution in [0.25, 0.3) is 22.2 Å². The van der Waals surface area contributed by atoms with E-state index in [9.17, 15) is 4.79 Å². The van der Waals surface area contributed by atoms with Crippen molar-refractivity contribution in [2.45, 2.75) is 37.6 Å². The molecule has 1 aromatic carbocycles. The first-order chi connectivity index (χ1) is 17.5. The second-order valence-corrected chi connectivity index (χ2v) is 9.23. The van der Waals surface area contributed by atoms with Gasteiger partial charge in [-0.05, 0) is 43.2 Å². The minimum atomic E-state index is -0.455. The van der Waals surface area contributed by atoms with Gasteiger partial charge in [0.1, 0.15) is 5.75 Å². The molecule has 2 atom stereocenters. The van der Waals surface area contributed by atoms with E-state index in [0.29, 0.717) is 48.1 Å². The van der Waals surface area contributed by atoms with E-state index in [-0.39, 0.29) is 29.4 Å². The molecule has 1 saturated carbocycles. The van der Waals surface area contributed by atoms with Crippen molar-refractivity contribution in [2.24, 2.45) is 5.92 Å². The monoisotopic (exact) mass is 492 g/mol. The van der Waals surface area contributed by atoms with Gasteiger partial charge in [0, 0.05) is 41.8 Å². The van der Waals surface area contributed by atoms with Crippen molar-refractivity contribution in [1.29, 1.82) is 0 Å². The van der Waals surface area contributed by atoms with Crippen LogP contribution in [0.15, 0.2) is 37.2 Å². The van der Waals surface area contributed by atoms with E-state index in [1.165, 1.54) is 13.2 Å². The summed E-state index contributed by atoms with van der Waals surface area (Å²) in [6, 6.07) is 3.29. The number of rotatable bonds is 9. The average molecular weight is 493 g/mol. The van der Waals surface area contributed by atoms with Crippen molar-refractivity contribution in [1.82, 2.24) is 15.0 Å². The lowest BCUT2D eigenvalue weighted by atomic mass is 9.90. The Morgan fingerprint density at radius 2 is 2.00 bits per heavy atom. The highest BCUT2D eigenvalue weighted by atomic mass is 19.1. The standard InChI is InChI=1S/C27H29FN4O4/c1-4-18(33)9-16-7-8-36-14-21(16)32-27-30-12-17-10-19(29-13-20(17)31-27)25-24(15-5-6-15)22(34-2)11-23(35-3)26(25)28/h4,10-13,15-16,21H,1,5-9,14H2,2-3H3,(H,30,31,32)/t16-,21-/m1/s1. The number of hydrogen-bond donors (Lipinski definition) is 1. The number of allylic oxidation sites excluding steroid dienone is 1. The zero-order chi connectivity index (χ0) is 25.2. The van der Waals surface area contributed by atoms with Crippen LogP contribution in [-0.4, -0.2) is 54.2 Å². The predicted octanol–water partition coefficient (Wildman–Crippen LogP) is 4.69. The molecule has 2 fully saturated rings. The summed E-state index contributed by atoms with van der Waals surface area (Å²) in [4.78, 5) is 25.6. The van der Waals surface area contributed by atoms with Gasteiger partial charge in [-0.3, -0.25) is 9.78 Å². The van der Waals surface area contributed by atoms with Crippen LogP contribution in [0.5, 0.6) is 11.5 Å². The third-order valence-corrected chi connectivity index (χ3v) is 6.89. The van der Waals surface area contributed by atoms with Gasteiger partial charge in [0.25, 0.3) is 0 Å². The number of nitrogens with zero attached hydrogens (tertiary/aromatic N) is 3. The van der Waals surface area contributed by atoms with Gasteiger partial charge < -0.3 is 19.5 Å². The highest BCUT2D eigenvalue weighted by molar-refractivity contribution is 5.89. The molecule has 36 heavy (non-hydrogen) atoms. The molecule has 3 heterocycles. The third kappa shape index (κ3) is 4.75. The van der Waals surface area contributed by atoms with Crippen LogP contribution in [0.4, 0.5) is 10.3 Å². The van der Waals surface area contributed by atoms with Crippen molar-refractivity contribution < 1.29 is 23.4 Å². The molecule has 9 heteroatoms. The lowest BCUT2D eigenvalue weighted by Gasteiger charge is -2.31. The van der Waals surface area contributed by atoms with E-state index >= 15 is 4.39 Å². The zero-order valence-electron chi connectivity index (χ0n) is 20.4. The number of pyridine rings is 1. The molecule has 0 amide bonds. The molecule has 1 aliphatic heterocycles. The van der Waals surface area contributed by atoms with Gasteiger partial charge in [-0.25, -0.2) is 14.4 Å². The maximum Gasteiger partial charge on any atom is 0.223 e. The molecule has 3 aromatic rings. The van der Waals surface area contributed by atoms with Crippen LogP contribution in [0, 0.1) is 11.7 Å². The fourth-order valence-corrected chi connectivity index (χ4v) is 4.80. The Morgan fingerprint density at radius 1 is 1.19 bits per heavy atom. The maximum atomic E-state index is 15.5. The summed E-state index contributed by atoms with van der Waals surface area (Å²) in [5, 5.41) is 4.04. The Morgan fingerprint density at radius 3 is 2.72 bits per heavy atom. The highest BCUT2D eigenvalue weighted by Crippen LogP contribution is 2.51. The molecular weight excluding hydrogens is 463 g/mol. The fourth-order valence-electron chi connectivity index (χ4n) is 4.80. The van der Waals surface area contributed by atoms with Crippen LogP contribution in [0.2, 0.25) is 0 Å². The Balaban J connectivity index is 1.46. The number of halogens is 1. The number of carbonyl (C=O) groups is 1. The smallest absolute Gasteiger partial charge is 0.223 e. The summed E-state index contributed by atoms with van der Waals surface area (Å²) in [5.41, 5.74) is 2.31. The van der Waals surface area contributed by atoms with E-state index in [0.717, 1.165) is 30.2 Å². The molecule has 8 nitrogen and oxygen atoms in total. The number of fused-ring (bicyclic) bond motifs is 1. The quantitative estimate of drug-likeness (QED) is 0.430. The van der Waals surface area contributed by atoms with Crippen molar-refractivity contribution in [3.8, 4) is 22.8 Å². The number of hydrogen-bond acceptors (Lipinski definition) is 8. The van der Waals surface area contributed by atoms with E-state index < -0.39 is 5.82 Å². The van der Waals surface area contributed by atoms with Crippen LogP contribution in [0.1, 0.15) is 37.2 Å². The number of methoxy groups -OCH3 is 2. The Bertz CT molecular complexity index is 1310. The first-order valence-electron chi connectivity index (χ1n) is 12.1. The summed E-state index contributed by atoms with van der Waals surface area (Å²) in [6.45, 7) is 4.66. The van der Waals surface area contributed by atoms with Crippen LogP contribution < -0.4 is 14.8 Å². The van der Waals surface area contributed by atoms with Gasteiger partial charge in [0.05, 0.1) is 44.3 Å². The second-order valence-electron chi connectivity index (χ2n) is 9.23. The largest absolute Gasteiger partial charge is 0.496 e. The minimum absolute atomic E-state index is 0.0110. The number of anilines is 1. The third-order valence-electron chi connectivity index (χ3n) is 6.89. The maximum absolute atomic E-state index is 15.5. The molecule has 1 N–H and O–H groups in total. The van der Waals surface area contributed by atoms with Crippen molar-refractivity contribution >= 4 is 22.6 Å². The highest BCUT2D eigenvalue weighted by Gasteiger charge is 2.34. The summed E-state index contributed by atoms with van der Waals surface area (Å²) in [6.07, 6.45) is 7.80. The lowest BCUT2D eigenvalue weighted by Crippen LogP contribution is -2.40. The first kappa shape index (κ1) is 24.1. The number of nitrogens with one attached hydrogen (secondary N) is 1. The number of ether oxygens (including phenoxy) is 3. The van der Waals surface area contributed by atoms with Gasteiger partial charge in [-0.2, -0.15) is 0 Å². The summed E-state index contributed by atoms with van der Waals surface area (Å²) < 4.78 is 32.0. The van der Waals surface area contributed by atoms with Gasteiger partial charge >= 0.3 is 0 Å². The lowest BCUT2D eigenvalue weighted by molar-refractivity contribution is -0.116. The Kier molecular flexibility index (Phi) is 6.82. The molecule has 0 spiro atoms. The summed E-state index contributed by atoms with van der Waals surface area (Å²) in [5.74, 6) is 1.04. The molecule has 5 rings (SSSR count). The first-order valence-corrected chi connectivity index (χ1v) is 12.1. The van der Waals surface area contributed by atoms with Gasteiger partial charge in [-0.1, -0.05) is 6.58 Å². The molecular formula is C27H29FN4O4. The Hall–Kier alpha value is -3.59. The molecule has 188 valence electrons. The molecule has 1 saturated heterocycles. The van der Waals surface area contributed by atoms with Crippen molar-refractivity contribution in [3.63, 3.8) is 0 Å². The van der Waals surface area contributed by atoms with Crippen LogP contribution in [-0.2, 0) is 9.53 Å². The zero-order valence-corrected chi connectivity index (χ0v) is 20.4. The van der Waals surface area contributed by atoms with E-state index in [1.807, 2.05) is 0 Å². The van der Waals surface area contributed by atoms with Crippen molar-refractivity contribution in [3.05, 3.63) is 48.6 Å². The second kappa shape index (κ2) is 10.2. The van der Waals surface area contributed by atoms with Gasteiger partial charge in [0.2, 0.25) is 5.95 Å². The van der Waals surface area contributed by atoms with Crippen molar-refractivity contribution in [2.75, 3.05) is 32.8 Å². The van der Waals surface area contributed by atoms with Crippen LogP contribution >= 0.6 is 0 Å². The Labute approximate surface area is 208 Å². The van der Waals surface area contributed by atoms with E-state index in [1.54, 1.807) is 31.6 Å². The molecule has 2 aromatic heterocycles. The molecule has 0 radical (unpaired) electrons. The average Bonchev–Trinajstić information content (AvgIpc) is 3.74.